The Labute approximate surface area is 163 Å². The van der Waals surface area contributed by atoms with Crippen molar-refractivity contribution in [3.05, 3.63) is 12.1 Å². The summed E-state index contributed by atoms with van der Waals surface area (Å²) in [6.45, 7) is 1.53. The largest absolute Gasteiger partial charge is 0.493 e. The molecule has 0 radical (unpaired) electrons. The third kappa shape index (κ3) is 3.21. The van der Waals surface area contributed by atoms with Crippen LogP contribution in [0, 0.1) is 0 Å². The number of carbonyl (C=O) groups is 3. The summed E-state index contributed by atoms with van der Waals surface area (Å²) >= 11 is 0. The monoisotopic (exact) mass is 391 g/mol. The second kappa shape index (κ2) is 7.57. The number of amides is 4. The maximum Gasteiger partial charge on any atom is 0.325 e. The number of hydrogen-bond acceptors (Lipinski definition) is 6. The number of carbonyl (C=O) groups excluding carboxylic acids is 3. The molecule has 1 aliphatic carbocycles. The van der Waals surface area contributed by atoms with Gasteiger partial charge in [-0.2, -0.15) is 0 Å². The lowest BCUT2D eigenvalue weighted by Gasteiger charge is -2.23. The van der Waals surface area contributed by atoms with E-state index in [-0.39, 0.29) is 5.91 Å². The fourth-order valence-corrected chi connectivity index (χ4v) is 3.83. The average molecular weight is 391 g/mol. The first kappa shape index (κ1) is 19.8. The van der Waals surface area contributed by atoms with Crippen LogP contribution in [0.4, 0.5) is 10.5 Å². The van der Waals surface area contributed by atoms with Crippen LogP contribution in [0.5, 0.6) is 17.2 Å². The van der Waals surface area contributed by atoms with Crippen molar-refractivity contribution in [3.8, 4) is 17.2 Å². The molecule has 1 atom stereocenters. The Morgan fingerprint density at radius 2 is 1.68 bits per heavy atom. The van der Waals surface area contributed by atoms with Crippen molar-refractivity contribution in [3.63, 3.8) is 0 Å². The van der Waals surface area contributed by atoms with E-state index in [1.807, 2.05) is 0 Å². The van der Waals surface area contributed by atoms with Gasteiger partial charge >= 0.3 is 6.03 Å². The van der Waals surface area contributed by atoms with Gasteiger partial charge < -0.3 is 24.8 Å². The standard InChI is InChI=1S/C19H25N3O6/c1-11(22-17(24)19(21-18(22)25)7-5-6-8-19)16(23)20-12-9-13(26-2)15(28-4)14(10-12)27-3/h9-11H,5-8H2,1-4H3,(H,20,23)(H,21,25). The normalized spacial score (nSPS) is 18.8. The summed E-state index contributed by atoms with van der Waals surface area (Å²) < 4.78 is 15.8. The van der Waals surface area contributed by atoms with Crippen molar-refractivity contribution in [2.24, 2.45) is 0 Å². The van der Waals surface area contributed by atoms with Gasteiger partial charge in [0.25, 0.3) is 5.91 Å². The average Bonchev–Trinajstić information content (AvgIpc) is 3.25. The minimum atomic E-state index is -0.966. The Kier molecular flexibility index (Phi) is 5.35. The number of benzene rings is 1. The van der Waals surface area contributed by atoms with Gasteiger partial charge in [0.1, 0.15) is 11.6 Å². The molecule has 9 nitrogen and oxygen atoms in total. The molecule has 2 aliphatic rings. The lowest BCUT2D eigenvalue weighted by Crippen LogP contribution is -2.48. The molecule has 9 heteroatoms. The lowest BCUT2D eigenvalue weighted by atomic mass is 9.97. The van der Waals surface area contributed by atoms with E-state index in [2.05, 4.69) is 10.6 Å². The van der Waals surface area contributed by atoms with Crippen LogP contribution in [0.15, 0.2) is 12.1 Å². The smallest absolute Gasteiger partial charge is 0.325 e. The van der Waals surface area contributed by atoms with E-state index in [9.17, 15) is 14.4 Å². The van der Waals surface area contributed by atoms with E-state index in [0.717, 1.165) is 17.7 Å². The fourth-order valence-electron chi connectivity index (χ4n) is 3.83. The maximum atomic E-state index is 12.8. The number of hydrogen-bond donors (Lipinski definition) is 2. The van der Waals surface area contributed by atoms with Crippen molar-refractivity contribution < 1.29 is 28.6 Å². The minimum Gasteiger partial charge on any atom is -0.493 e. The molecule has 28 heavy (non-hydrogen) atoms. The molecule has 3 rings (SSSR count). The molecular weight excluding hydrogens is 366 g/mol. The first-order chi connectivity index (χ1) is 13.4. The Balaban J connectivity index is 1.79. The third-order valence-corrected chi connectivity index (χ3v) is 5.35. The third-order valence-electron chi connectivity index (χ3n) is 5.35. The molecule has 152 valence electrons. The van der Waals surface area contributed by atoms with Gasteiger partial charge in [0.2, 0.25) is 11.7 Å². The summed E-state index contributed by atoms with van der Waals surface area (Å²) in [5, 5.41) is 5.49. The molecule has 1 aromatic carbocycles. The molecule has 1 saturated carbocycles. The predicted molar refractivity (Wildman–Crippen MR) is 101 cm³/mol. The number of rotatable bonds is 6. The number of ether oxygens (including phenoxy) is 3. The summed E-state index contributed by atoms with van der Waals surface area (Å²) in [4.78, 5) is 39.0. The summed E-state index contributed by atoms with van der Waals surface area (Å²) in [5.41, 5.74) is -0.452. The minimum absolute atomic E-state index is 0.331. The molecular formula is C19H25N3O6. The SMILES string of the molecule is COc1cc(NC(=O)C(C)N2C(=O)NC3(CCCC3)C2=O)cc(OC)c1OC. The number of anilines is 1. The van der Waals surface area contributed by atoms with Gasteiger partial charge in [0, 0.05) is 17.8 Å². The Morgan fingerprint density at radius 3 is 2.18 bits per heavy atom. The zero-order valence-corrected chi connectivity index (χ0v) is 16.5. The van der Waals surface area contributed by atoms with E-state index in [0.29, 0.717) is 35.8 Å². The van der Waals surface area contributed by atoms with Crippen LogP contribution in [0.25, 0.3) is 0 Å². The quantitative estimate of drug-likeness (QED) is 0.718. The molecule has 4 amide bonds. The van der Waals surface area contributed by atoms with Crippen molar-refractivity contribution in [2.45, 2.75) is 44.2 Å². The molecule has 0 bridgehead atoms. The molecule has 1 aromatic rings. The highest BCUT2D eigenvalue weighted by Crippen LogP contribution is 2.40. The van der Waals surface area contributed by atoms with Crippen LogP contribution < -0.4 is 24.8 Å². The molecule has 0 aromatic heterocycles. The lowest BCUT2D eigenvalue weighted by molar-refractivity contribution is -0.136. The van der Waals surface area contributed by atoms with Gasteiger partial charge in [-0.15, -0.1) is 0 Å². The van der Waals surface area contributed by atoms with Crippen LogP contribution in [-0.4, -0.2) is 55.7 Å². The number of urea groups is 1. The van der Waals surface area contributed by atoms with E-state index >= 15 is 0 Å². The van der Waals surface area contributed by atoms with E-state index < -0.39 is 23.5 Å². The summed E-state index contributed by atoms with van der Waals surface area (Å²) in [7, 11) is 4.43. The topological polar surface area (TPSA) is 106 Å². The first-order valence-corrected chi connectivity index (χ1v) is 9.13. The molecule has 2 fully saturated rings. The van der Waals surface area contributed by atoms with E-state index in [1.165, 1.54) is 28.3 Å². The number of nitrogens with one attached hydrogen (secondary N) is 2. The van der Waals surface area contributed by atoms with Gasteiger partial charge in [-0.1, -0.05) is 12.8 Å². The molecule has 1 heterocycles. The van der Waals surface area contributed by atoms with E-state index in [4.69, 9.17) is 14.2 Å². The zero-order chi connectivity index (χ0) is 20.5. The zero-order valence-electron chi connectivity index (χ0n) is 16.5. The number of imide groups is 1. The molecule has 1 spiro atoms. The van der Waals surface area contributed by atoms with Gasteiger partial charge in [0.05, 0.1) is 21.3 Å². The van der Waals surface area contributed by atoms with Gasteiger partial charge in [-0.25, -0.2) is 9.69 Å². The fraction of sp³-hybridized carbons (Fsp3) is 0.526. The predicted octanol–water partition coefficient (Wildman–Crippen LogP) is 1.90. The summed E-state index contributed by atoms with van der Waals surface area (Å²) in [5.74, 6) is 0.332. The van der Waals surface area contributed by atoms with Crippen LogP contribution in [0.2, 0.25) is 0 Å². The number of nitrogens with zero attached hydrogens (tertiary/aromatic N) is 1. The van der Waals surface area contributed by atoms with Crippen molar-refractivity contribution >= 4 is 23.5 Å². The van der Waals surface area contributed by atoms with Crippen LogP contribution >= 0.6 is 0 Å². The van der Waals surface area contributed by atoms with Crippen LogP contribution in [0.3, 0.4) is 0 Å². The van der Waals surface area contributed by atoms with Crippen LogP contribution in [-0.2, 0) is 9.59 Å². The van der Waals surface area contributed by atoms with Gasteiger partial charge in [0.15, 0.2) is 11.5 Å². The maximum absolute atomic E-state index is 12.8. The van der Waals surface area contributed by atoms with Crippen molar-refractivity contribution in [2.75, 3.05) is 26.6 Å². The summed E-state index contributed by atoms with van der Waals surface area (Å²) in [6.07, 6.45) is 2.97. The highest BCUT2D eigenvalue weighted by Gasteiger charge is 2.54. The Morgan fingerprint density at radius 1 is 1.11 bits per heavy atom. The van der Waals surface area contributed by atoms with Gasteiger partial charge in [-0.3, -0.25) is 9.59 Å². The Hall–Kier alpha value is -2.97. The van der Waals surface area contributed by atoms with Crippen molar-refractivity contribution in [1.29, 1.82) is 0 Å². The van der Waals surface area contributed by atoms with Crippen molar-refractivity contribution in [1.82, 2.24) is 10.2 Å². The number of methoxy groups -OCH3 is 3. The Bertz CT molecular complexity index is 778. The highest BCUT2D eigenvalue weighted by atomic mass is 16.5. The molecule has 2 N–H and O–H groups in total. The second-order valence-electron chi connectivity index (χ2n) is 6.97. The van der Waals surface area contributed by atoms with E-state index in [1.54, 1.807) is 12.1 Å². The van der Waals surface area contributed by atoms with Gasteiger partial charge in [-0.05, 0) is 19.8 Å². The summed E-state index contributed by atoms with van der Waals surface area (Å²) in [6, 6.07) is 1.66. The molecule has 1 unspecified atom stereocenters. The molecule has 1 saturated heterocycles. The highest BCUT2D eigenvalue weighted by molar-refractivity contribution is 6.11. The van der Waals surface area contributed by atoms with Crippen LogP contribution in [0.1, 0.15) is 32.6 Å². The molecule has 1 aliphatic heterocycles. The second-order valence-corrected chi connectivity index (χ2v) is 6.97. The first-order valence-electron chi connectivity index (χ1n) is 9.13.